The molecule has 0 atom stereocenters. The molecule has 0 bridgehead atoms. The highest BCUT2D eigenvalue weighted by atomic mass is 16.5. The molecule has 0 radical (unpaired) electrons. The molecule has 0 unspecified atom stereocenters. The van der Waals surface area contributed by atoms with Crippen LogP contribution in [-0.4, -0.2) is 55.8 Å². The summed E-state index contributed by atoms with van der Waals surface area (Å²) in [5.74, 6) is 1.03. The van der Waals surface area contributed by atoms with Crippen molar-refractivity contribution in [3.05, 3.63) is 54.0 Å². The normalized spacial score (nSPS) is 11.6. The van der Waals surface area contributed by atoms with E-state index in [2.05, 4.69) is 53.1 Å². The lowest BCUT2D eigenvalue weighted by atomic mass is 9.87. The van der Waals surface area contributed by atoms with Gasteiger partial charge in [-0.3, -0.25) is 4.68 Å². The van der Waals surface area contributed by atoms with Gasteiger partial charge in [0.2, 0.25) is 5.88 Å². The van der Waals surface area contributed by atoms with Gasteiger partial charge in [0.15, 0.2) is 0 Å². The number of esters is 1. The van der Waals surface area contributed by atoms with E-state index in [1.54, 1.807) is 24.9 Å². The van der Waals surface area contributed by atoms with Gasteiger partial charge in [0.1, 0.15) is 16.8 Å². The van der Waals surface area contributed by atoms with Crippen molar-refractivity contribution in [1.82, 2.24) is 29.5 Å². The Kier molecular flexibility index (Phi) is 6.99. The lowest BCUT2D eigenvalue weighted by Gasteiger charge is -2.19. The van der Waals surface area contributed by atoms with E-state index in [1.165, 1.54) is 22.6 Å². The Balaban J connectivity index is 1.44. The number of benzene rings is 1. The second kappa shape index (κ2) is 10.1. The fourth-order valence-corrected chi connectivity index (χ4v) is 3.58. The lowest BCUT2D eigenvalue weighted by Crippen LogP contribution is -2.11. The topological polar surface area (TPSA) is 106 Å². The van der Waals surface area contributed by atoms with E-state index in [4.69, 9.17) is 14.2 Å². The molecule has 0 amide bonds. The van der Waals surface area contributed by atoms with E-state index >= 15 is 0 Å². The predicted octanol–water partition coefficient (Wildman–Crippen LogP) is 3.96. The average Bonchev–Trinajstić information content (AvgIpc) is 3.49. The first-order valence-corrected chi connectivity index (χ1v) is 11.5. The number of hydrogen-bond acceptors (Lipinski definition) is 8. The standard InChI is InChI=1S/C25H30N6O4/c1-6-34-23(32)17-14-26-31(16-17)24-28-20-15-27-30(21(20)22(29-24)33-5)12-7-13-35-19-10-8-18(9-11-19)25(2,3)4/h8-11,14-16H,6-7,12-13H2,1-5H3. The monoisotopic (exact) mass is 478 g/mol. The van der Waals surface area contributed by atoms with Gasteiger partial charge < -0.3 is 14.2 Å². The van der Waals surface area contributed by atoms with Crippen molar-refractivity contribution in [1.29, 1.82) is 0 Å². The number of carbonyl (C=O) groups excluding carboxylic acids is 1. The molecule has 4 rings (SSSR count). The van der Waals surface area contributed by atoms with E-state index in [-0.39, 0.29) is 18.0 Å². The summed E-state index contributed by atoms with van der Waals surface area (Å²) in [5.41, 5.74) is 2.99. The van der Waals surface area contributed by atoms with Crippen LogP contribution in [0.25, 0.3) is 17.0 Å². The van der Waals surface area contributed by atoms with Crippen LogP contribution in [0, 0.1) is 0 Å². The Labute approximate surface area is 203 Å². The molecule has 0 N–H and O–H groups in total. The number of methoxy groups -OCH3 is 1. The molecule has 3 heterocycles. The Hall–Kier alpha value is -3.95. The highest BCUT2D eigenvalue weighted by Gasteiger charge is 2.17. The number of aryl methyl sites for hydroxylation is 1. The molecule has 35 heavy (non-hydrogen) atoms. The van der Waals surface area contributed by atoms with Crippen molar-refractivity contribution in [3.63, 3.8) is 0 Å². The zero-order valence-electron chi connectivity index (χ0n) is 20.7. The van der Waals surface area contributed by atoms with Crippen LogP contribution in [0.4, 0.5) is 0 Å². The zero-order chi connectivity index (χ0) is 25.0. The first kappa shape index (κ1) is 24.2. The summed E-state index contributed by atoms with van der Waals surface area (Å²) in [7, 11) is 1.54. The Bertz CT molecular complexity index is 1300. The van der Waals surface area contributed by atoms with Gasteiger partial charge in [-0.05, 0) is 30.0 Å². The first-order valence-electron chi connectivity index (χ1n) is 11.5. The minimum absolute atomic E-state index is 0.112. The molecule has 184 valence electrons. The molecule has 0 saturated carbocycles. The number of hydrogen-bond donors (Lipinski definition) is 0. The van der Waals surface area contributed by atoms with Crippen LogP contribution < -0.4 is 9.47 Å². The van der Waals surface area contributed by atoms with Gasteiger partial charge in [0.25, 0.3) is 5.95 Å². The quantitative estimate of drug-likeness (QED) is 0.263. The molecule has 0 aliphatic rings. The number of ether oxygens (including phenoxy) is 3. The number of rotatable bonds is 9. The van der Waals surface area contributed by atoms with E-state index in [9.17, 15) is 4.79 Å². The van der Waals surface area contributed by atoms with Crippen molar-refractivity contribution in [2.45, 2.75) is 46.1 Å². The van der Waals surface area contributed by atoms with Crippen LogP contribution in [0.5, 0.6) is 11.6 Å². The molecule has 1 aromatic carbocycles. The molecule has 0 fully saturated rings. The summed E-state index contributed by atoms with van der Waals surface area (Å²) in [4.78, 5) is 20.9. The van der Waals surface area contributed by atoms with Crippen molar-refractivity contribution >= 4 is 17.0 Å². The van der Waals surface area contributed by atoms with Gasteiger partial charge in [0, 0.05) is 19.2 Å². The van der Waals surface area contributed by atoms with Gasteiger partial charge in [-0.2, -0.15) is 15.2 Å². The number of aromatic nitrogens is 6. The minimum atomic E-state index is -0.452. The molecule has 3 aromatic heterocycles. The van der Waals surface area contributed by atoms with E-state index < -0.39 is 5.97 Å². The largest absolute Gasteiger partial charge is 0.494 e. The van der Waals surface area contributed by atoms with Crippen molar-refractivity contribution in [2.24, 2.45) is 0 Å². The third-order valence-electron chi connectivity index (χ3n) is 5.44. The number of nitrogens with zero attached hydrogens (tertiary/aromatic N) is 6. The third kappa shape index (κ3) is 5.42. The van der Waals surface area contributed by atoms with Crippen LogP contribution in [0.3, 0.4) is 0 Å². The van der Waals surface area contributed by atoms with Crippen LogP contribution in [0.2, 0.25) is 0 Å². The maximum absolute atomic E-state index is 11.9. The van der Waals surface area contributed by atoms with Gasteiger partial charge in [-0.1, -0.05) is 32.9 Å². The van der Waals surface area contributed by atoms with Gasteiger partial charge in [0.05, 0.1) is 38.3 Å². The zero-order valence-corrected chi connectivity index (χ0v) is 20.7. The van der Waals surface area contributed by atoms with Crippen LogP contribution in [0.15, 0.2) is 42.9 Å². The highest BCUT2D eigenvalue weighted by molar-refractivity contribution is 5.88. The summed E-state index contributed by atoms with van der Waals surface area (Å²) in [6.45, 7) is 9.75. The van der Waals surface area contributed by atoms with E-state index in [0.29, 0.717) is 35.6 Å². The smallest absolute Gasteiger partial charge is 0.341 e. The van der Waals surface area contributed by atoms with E-state index in [1.807, 2.05) is 12.1 Å². The number of carbonyl (C=O) groups is 1. The summed E-state index contributed by atoms with van der Waals surface area (Å²) in [6, 6.07) is 8.21. The Morgan fingerprint density at radius 1 is 1.06 bits per heavy atom. The average molecular weight is 479 g/mol. The van der Waals surface area contributed by atoms with Crippen LogP contribution >= 0.6 is 0 Å². The SMILES string of the molecule is CCOC(=O)c1cnn(-c2nc(OC)c3c(cnn3CCCOc3ccc(C(C)(C)C)cc3)n2)c1. The minimum Gasteiger partial charge on any atom is -0.494 e. The molecule has 0 aliphatic carbocycles. The molecule has 10 heteroatoms. The fourth-order valence-electron chi connectivity index (χ4n) is 3.58. The Morgan fingerprint density at radius 2 is 1.83 bits per heavy atom. The second-order valence-corrected chi connectivity index (χ2v) is 9.00. The van der Waals surface area contributed by atoms with Crippen LogP contribution in [0.1, 0.15) is 50.0 Å². The summed E-state index contributed by atoms with van der Waals surface area (Å²) < 4.78 is 19.6. The second-order valence-electron chi connectivity index (χ2n) is 9.00. The molecular formula is C25H30N6O4. The molecule has 4 aromatic rings. The van der Waals surface area contributed by atoms with Gasteiger partial charge in [-0.15, -0.1) is 0 Å². The number of fused-ring (bicyclic) bond motifs is 1. The van der Waals surface area contributed by atoms with Crippen molar-refractivity contribution in [3.8, 4) is 17.6 Å². The maximum atomic E-state index is 11.9. The third-order valence-corrected chi connectivity index (χ3v) is 5.44. The predicted molar refractivity (Wildman–Crippen MR) is 130 cm³/mol. The van der Waals surface area contributed by atoms with Crippen molar-refractivity contribution < 1.29 is 19.0 Å². The van der Waals surface area contributed by atoms with Crippen molar-refractivity contribution in [2.75, 3.05) is 20.3 Å². The summed E-state index contributed by atoms with van der Waals surface area (Å²) >= 11 is 0. The van der Waals surface area contributed by atoms with Gasteiger partial charge in [-0.25, -0.2) is 14.5 Å². The lowest BCUT2D eigenvalue weighted by molar-refractivity contribution is 0.0526. The van der Waals surface area contributed by atoms with Gasteiger partial charge >= 0.3 is 5.97 Å². The highest BCUT2D eigenvalue weighted by Crippen LogP contribution is 2.25. The first-order chi connectivity index (χ1) is 16.8. The Morgan fingerprint density at radius 3 is 2.51 bits per heavy atom. The summed E-state index contributed by atoms with van der Waals surface area (Å²) in [5, 5.41) is 8.63. The molecule has 0 saturated heterocycles. The molecule has 0 aliphatic heterocycles. The summed E-state index contributed by atoms with van der Waals surface area (Å²) in [6.07, 6.45) is 5.34. The fraction of sp³-hybridized carbons (Fsp3) is 0.400. The molecular weight excluding hydrogens is 448 g/mol. The van der Waals surface area contributed by atoms with E-state index in [0.717, 1.165) is 12.2 Å². The molecule has 0 spiro atoms. The molecule has 10 nitrogen and oxygen atoms in total. The maximum Gasteiger partial charge on any atom is 0.341 e. The van der Waals surface area contributed by atoms with Crippen LogP contribution in [-0.2, 0) is 16.7 Å².